The summed E-state index contributed by atoms with van der Waals surface area (Å²) in [4.78, 5) is 30.6. The van der Waals surface area contributed by atoms with E-state index in [1.807, 2.05) is 31.2 Å². The first-order valence-electron chi connectivity index (χ1n) is 10.8. The molecule has 0 radical (unpaired) electrons. The highest BCUT2D eigenvalue weighted by Crippen LogP contribution is 2.38. The number of rotatable bonds is 5. The Bertz CT molecular complexity index is 1020. The molecule has 6 heteroatoms. The van der Waals surface area contributed by atoms with E-state index >= 15 is 0 Å². The fourth-order valence-electron chi connectivity index (χ4n) is 4.65. The van der Waals surface area contributed by atoms with Crippen molar-refractivity contribution in [2.45, 2.75) is 27.2 Å². The number of hydrogen-bond donors (Lipinski definition) is 0. The van der Waals surface area contributed by atoms with Crippen LogP contribution in [0.3, 0.4) is 0 Å². The molecule has 2 aliphatic heterocycles. The molecule has 0 spiro atoms. The van der Waals surface area contributed by atoms with Gasteiger partial charge in [-0.1, -0.05) is 43.6 Å². The van der Waals surface area contributed by atoms with Gasteiger partial charge in [0.1, 0.15) is 11.4 Å². The van der Waals surface area contributed by atoms with Gasteiger partial charge in [0.2, 0.25) is 0 Å². The molecule has 2 aromatic rings. The van der Waals surface area contributed by atoms with Gasteiger partial charge < -0.3 is 9.64 Å². The number of imide groups is 1. The van der Waals surface area contributed by atoms with Crippen LogP contribution < -0.4 is 9.64 Å². The predicted molar refractivity (Wildman–Crippen MR) is 123 cm³/mol. The monoisotopic (exact) mass is 438 g/mol. The average molecular weight is 439 g/mol. The molecule has 2 atom stereocenters. The number of amides is 2. The molecule has 162 valence electrons. The van der Waals surface area contributed by atoms with Crippen LogP contribution in [-0.4, -0.2) is 36.4 Å². The SMILES string of the molecule is CCOc1ccc(C2=C(N3CC(C)CC(C)C3)C(=O)N(c3cccc(Cl)c3)C2=O)cc1. The normalized spacial score (nSPS) is 21.8. The third-order valence-corrected chi connectivity index (χ3v) is 6.00. The molecule has 2 unspecified atom stereocenters. The van der Waals surface area contributed by atoms with E-state index in [4.69, 9.17) is 16.3 Å². The summed E-state index contributed by atoms with van der Waals surface area (Å²) in [5, 5.41) is 0.481. The van der Waals surface area contributed by atoms with Crippen LogP contribution in [0.5, 0.6) is 5.75 Å². The second-order valence-electron chi connectivity index (χ2n) is 8.46. The average Bonchev–Trinajstić information content (AvgIpc) is 2.98. The van der Waals surface area contributed by atoms with Crippen molar-refractivity contribution < 1.29 is 14.3 Å². The third-order valence-electron chi connectivity index (χ3n) is 5.76. The second-order valence-corrected chi connectivity index (χ2v) is 8.89. The quantitative estimate of drug-likeness (QED) is 0.616. The van der Waals surface area contributed by atoms with Gasteiger partial charge in [-0.3, -0.25) is 9.59 Å². The molecule has 0 aliphatic carbocycles. The smallest absolute Gasteiger partial charge is 0.282 e. The second kappa shape index (κ2) is 8.75. The highest BCUT2D eigenvalue weighted by Gasteiger charge is 2.43. The Morgan fingerprint density at radius 3 is 2.29 bits per heavy atom. The van der Waals surface area contributed by atoms with E-state index in [0.29, 0.717) is 46.0 Å². The summed E-state index contributed by atoms with van der Waals surface area (Å²) in [6.07, 6.45) is 1.11. The van der Waals surface area contributed by atoms with Gasteiger partial charge in [-0.25, -0.2) is 4.90 Å². The zero-order valence-electron chi connectivity index (χ0n) is 18.1. The molecule has 1 saturated heterocycles. The van der Waals surface area contributed by atoms with Crippen LogP contribution in [0, 0.1) is 11.8 Å². The molecular formula is C25H27ClN2O3. The van der Waals surface area contributed by atoms with Gasteiger partial charge in [0.15, 0.2) is 0 Å². The van der Waals surface area contributed by atoms with Crippen molar-refractivity contribution in [3.8, 4) is 5.75 Å². The summed E-state index contributed by atoms with van der Waals surface area (Å²) < 4.78 is 5.54. The lowest BCUT2D eigenvalue weighted by Crippen LogP contribution is -2.42. The van der Waals surface area contributed by atoms with Crippen molar-refractivity contribution in [1.82, 2.24) is 4.90 Å². The fraction of sp³-hybridized carbons (Fsp3) is 0.360. The van der Waals surface area contributed by atoms with E-state index < -0.39 is 0 Å². The van der Waals surface area contributed by atoms with E-state index in [-0.39, 0.29) is 11.8 Å². The van der Waals surface area contributed by atoms with Crippen molar-refractivity contribution in [3.05, 3.63) is 64.8 Å². The summed E-state index contributed by atoms with van der Waals surface area (Å²) in [5.41, 5.74) is 2.12. The molecular weight excluding hydrogens is 412 g/mol. The summed E-state index contributed by atoms with van der Waals surface area (Å²) in [7, 11) is 0. The summed E-state index contributed by atoms with van der Waals surface area (Å²) >= 11 is 6.16. The predicted octanol–water partition coefficient (Wildman–Crippen LogP) is 5.00. The fourth-order valence-corrected chi connectivity index (χ4v) is 4.84. The molecule has 5 nitrogen and oxygen atoms in total. The Labute approximate surface area is 188 Å². The molecule has 2 aromatic carbocycles. The maximum absolute atomic E-state index is 13.6. The number of piperidine rings is 1. The van der Waals surface area contributed by atoms with Crippen LogP contribution in [0.4, 0.5) is 5.69 Å². The number of hydrogen-bond acceptors (Lipinski definition) is 4. The van der Waals surface area contributed by atoms with Crippen LogP contribution >= 0.6 is 11.6 Å². The van der Waals surface area contributed by atoms with Gasteiger partial charge in [0, 0.05) is 18.1 Å². The highest BCUT2D eigenvalue weighted by atomic mass is 35.5. The number of carbonyl (C=O) groups is 2. The first-order chi connectivity index (χ1) is 14.9. The van der Waals surface area contributed by atoms with Gasteiger partial charge >= 0.3 is 0 Å². The molecule has 2 aliphatic rings. The Morgan fingerprint density at radius 2 is 1.68 bits per heavy atom. The van der Waals surface area contributed by atoms with E-state index in [2.05, 4.69) is 18.7 Å². The van der Waals surface area contributed by atoms with Gasteiger partial charge in [-0.05, 0) is 61.1 Å². The lowest BCUT2D eigenvalue weighted by atomic mass is 9.91. The van der Waals surface area contributed by atoms with Crippen LogP contribution in [0.2, 0.25) is 5.02 Å². The van der Waals surface area contributed by atoms with Gasteiger partial charge in [0.25, 0.3) is 11.8 Å². The summed E-state index contributed by atoms with van der Waals surface area (Å²) in [6, 6.07) is 14.2. The first kappa shape index (κ1) is 21.4. The van der Waals surface area contributed by atoms with E-state index in [1.54, 1.807) is 24.3 Å². The molecule has 0 N–H and O–H groups in total. The molecule has 31 heavy (non-hydrogen) atoms. The highest BCUT2D eigenvalue weighted by molar-refractivity contribution is 6.45. The minimum Gasteiger partial charge on any atom is -0.494 e. The summed E-state index contributed by atoms with van der Waals surface area (Å²) in [5.74, 6) is 1.01. The number of benzene rings is 2. The number of likely N-dealkylation sites (tertiary alicyclic amines) is 1. The zero-order valence-corrected chi connectivity index (χ0v) is 18.9. The Hall–Kier alpha value is -2.79. The molecule has 0 bridgehead atoms. The molecule has 0 aromatic heterocycles. The minimum absolute atomic E-state index is 0.294. The van der Waals surface area contributed by atoms with Crippen LogP contribution in [0.1, 0.15) is 32.8 Å². The topological polar surface area (TPSA) is 49.9 Å². The number of carbonyl (C=O) groups excluding carboxylic acids is 2. The number of halogens is 1. The number of nitrogens with zero attached hydrogens (tertiary/aromatic N) is 2. The Morgan fingerprint density at radius 1 is 1.00 bits per heavy atom. The molecule has 0 saturated carbocycles. The van der Waals surface area contributed by atoms with Crippen LogP contribution in [0.15, 0.2) is 54.2 Å². The van der Waals surface area contributed by atoms with Crippen molar-refractivity contribution in [1.29, 1.82) is 0 Å². The maximum Gasteiger partial charge on any atom is 0.282 e. The third kappa shape index (κ3) is 4.19. The lowest BCUT2D eigenvalue weighted by Gasteiger charge is -2.37. The van der Waals surface area contributed by atoms with Crippen LogP contribution in [-0.2, 0) is 9.59 Å². The molecule has 1 fully saturated rings. The van der Waals surface area contributed by atoms with E-state index in [9.17, 15) is 9.59 Å². The standard InChI is InChI=1S/C25H27ClN2O3/c1-4-31-21-10-8-18(9-11-21)22-23(27-14-16(2)12-17(3)15-27)25(30)28(24(22)29)20-7-5-6-19(26)13-20/h5-11,13,16-17H,4,12,14-15H2,1-3H3. The van der Waals surface area contributed by atoms with Crippen molar-refractivity contribution in [2.24, 2.45) is 11.8 Å². The maximum atomic E-state index is 13.6. The lowest BCUT2D eigenvalue weighted by molar-refractivity contribution is -0.120. The van der Waals surface area contributed by atoms with Crippen molar-refractivity contribution >= 4 is 34.7 Å². The zero-order chi connectivity index (χ0) is 22.1. The first-order valence-corrected chi connectivity index (χ1v) is 11.1. The molecule has 2 amide bonds. The Balaban J connectivity index is 1.80. The summed E-state index contributed by atoms with van der Waals surface area (Å²) in [6.45, 7) is 8.38. The van der Waals surface area contributed by atoms with E-state index in [1.165, 1.54) is 4.90 Å². The van der Waals surface area contributed by atoms with Gasteiger partial charge in [-0.2, -0.15) is 0 Å². The van der Waals surface area contributed by atoms with Crippen molar-refractivity contribution in [2.75, 3.05) is 24.6 Å². The number of anilines is 1. The van der Waals surface area contributed by atoms with E-state index in [0.717, 1.165) is 25.3 Å². The Kier molecular flexibility index (Phi) is 6.05. The van der Waals surface area contributed by atoms with Gasteiger partial charge in [0.05, 0.1) is 17.9 Å². The molecule has 4 rings (SSSR count). The van der Waals surface area contributed by atoms with Crippen molar-refractivity contribution in [3.63, 3.8) is 0 Å². The number of ether oxygens (including phenoxy) is 1. The van der Waals surface area contributed by atoms with Gasteiger partial charge in [-0.15, -0.1) is 0 Å². The van der Waals surface area contributed by atoms with Crippen LogP contribution in [0.25, 0.3) is 5.57 Å². The largest absolute Gasteiger partial charge is 0.494 e. The minimum atomic E-state index is -0.322. The molecule has 2 heterocycles.